The Balaban J connectivity index is 2.34. The van der Waals surface area contributed by atoms with E-state index in [-0.39, 0.29) is 0 Å². The number of hydrogen-bond acceptors (Lipinski definition) is 5. The third kappa shape index (κ3) is 1.34. The highest BCUT2D eigenvalue weighted by Gasteiger charge is 2.24. The van der Waals surface area contributed by atoms with Gasteiger partial charge >= 0.3 is 0 Å². The first-order chi connectivity index (χ1) is 8.74. The van der Waals surface area contributed by atoms with Crippen LogP contribution in [-0.4, -0.2) is 27.6 Å². The summed E-state index contributed by atoms with van der Waals surface area (Å²) in [6.07, 6.45) is 3.76. The molecule has 6 heteroatoms. The van der Waals surface area contributed by atoms with E-state index in [0.717, 1.165) is 37.4 Å². The van der Waals surface area contributed by atoms with Crippen LogP contribution in [-0.2, 0) is 7.05 Å². The molecule has 1 fully saturated rings. The van der Waals surface area contributed by atoms with Crippen LogP contribution in [0.25, 0.3) is 11.0 Å². The average Bonchev–Trinajstić information content (AvgIpc) is 2.96. The molecule has 0 aromatic carbocycles. The first-order valence-corrected chi connectivity index (χ1v) is 5.98. The summed E-state index contributed by atoms with van der Waals surface area (Å²) in [7, 11) is 1.92. The molecule has 1 aliphatic rings. The van der Waals surface area contributed by atoms with Crippen LogP contribution < -0.4 is 10.6 Å². The lowest BCUT2D eigenvalue weighted by molar-refractivity contribution is 0.851. The molecule has 2 N–H and O–H groups in total. The maximum absolute atomic E-state index is 9.41. The third-order valence-electron chi connectivity index (χ3n) is 3.48. The third-order valence-corrected chi connectivity index (χ3v) is 3.48. The molecule has 18 heavy (non-hydrogen) atoms. The molecule has 0 radical (unpaired) electrons. The molecule has 1 saturated heterocycles. The highest BCUT2D eigenvalue weighted by Crippen LogP contribution is 2.34. The number of aryl methyl sites for hydroxylation is 1. The van der Waals surface area contributed by atoms with Gasteiger partial charge in [0, 0.05) is 20.1 Å². The van der Waals surface area contributed by atoms with Gasteiger partial charge in [0.05, 0.1) is 5.39 Å². The number of nitrogens with zero attached hydrogens (tertiary/aromatic N) is 5. The van der Waals surface area contributed by atoms with Crippen LogP contribution >= 0.6 is 0 Å². The molecule has 0 aliphatic carbocycles. The number of fused-ring (bicyclic) bond motifs is 1. The Morgan fingerprint density at radius 1 is 1.33 bits per heavy atom. The van der Waals surface area contributed by atoms with Gasteiger partial charge in [-0.25, -0.2) is 9.97 Å². The summed E-state index contributed by atoms with van der Waals surface area (Å²) >= 11 is 0. The van der Waals surface area contributed by atoms with E-state index in [9.17, 15) is 5.26 Å². The number of anilines is 2. The topological polar surface area (TPSA) is 83.8 Å². The second kappa shape index (κ2) is 3.88. The lowest BCUT2D eigenvalue weighted by atomic mass is 10.2. The molecule has 92 valence electrons. The van der Waals surface area contributed by atoms with E-state index in [4.69, 9.17) is 5.73 Å². The summed E-state index contributed by atoms with van der Waals surface area (Å²) < 4.78 is 1.94. The molecular formula is C12H14N6. The average molecular weight is 242 g/mol. The minimum absolute atomic E-state index is 0.373. The Kier molecular flexibility index (Phi) is 2.33. The van der Waals surface area contributed by atoms with Gasteiger partial charge in [-0.1, -0.05) is 0 Å². The Hall–Kier alpha value is -2.29. The second-order valence-electron chi connectivity index (χ2n) is 4.52. The Bertz CT molecular complexity index is 645. The summed E-state index contributed by atoms with van der Waals surface area (Å²) in [4.78, 5) is 10.4. The molecule has 0 unspecified atom stereocenters. The predicted molar refractivity (Wildman–Crippen MR) is 69.1 cm³/mol. The largest absolute Gasteiger partial charge is 0.383 e. The van der Waals surface area contributed by atoms with Crippen molar-refractivity contribution in [2.45, 2.75) is 12.8 Å². The number of nitriles is 1. The van der Waals surface area contributed by atoms with Gasteiger partial charge in [-0.2, -0.15) is 5.26 Å². The van der Waals surface area contributed by atoms with Crippen molar-refractivity contribution in [3.63, 3.8) is 0 Å². The van der Waals surface area contributed by atoms with Crippen molar-refractivity contribution in [2.24, 2.45) is 7.05 Å². The molecule has 0 spiro atoms. The number of nitrogen functional groups attached to an aromatic ring is 1. The van der Waals surface area contributed by atoms with Crippen molar-refractivity contribution in [3.05, 3.63) is 11.9 Å². The van der Waals surface area contributed by atoms with Gasteiger partial charge in [0.15, 0.2) is 0 Å². The molecule has 0 bridgehead atoms. The summed E-state index contributed by atoms with van der Waals surface area (Å²) in [5.74, 6) is 1.29. The summed E-state index contributed by atoms with van der Waals surface area (Å²) in [5.41, 5.74) is 7.19. The van der Waals surface area contributed by atoms with Crippen LogP contribution in [0.5, 0.6) is 0 Å². The van der Waals surface area contributed by atoms with E-state index in [1.54, 1.807) is 0 Å². The maximum atomic E-state index is 9.41. The fourth-order valence-electron chi connectivity index (χ4n) is 2.67. The minimum Gasteiger partial charge on any atom is -0.383 e. The van der Waals surface area contributed by atoms with Gasteiger partial charge < -0.3 is 15.2 Å². The van der Waals surface area contributed by atoms with E-state index in [0.29, 0.717) is 16.8 Å². The number of nitrogens with two attached hydrogens (primary N) is 1. The zero-order chi connectivity index (χ0) is 12.7. The summed E-state index contributed by atoms with van der Waals surface area (Å²) in [6.45, 7) is 1.96. The summed E-state index contributed by atoms with van der Waals surface area (Å²) in [6, 6.07) is 2.25. The van der Waals surface area contributed by atoms with Gasteiger partial charge in [-0.05, 0) is 12.8 Å². The van der Waals surface area contributed by atoms with E-state index in [2.05, 4.69) is 20.9 Å². The molecule has 3 heterocycles. The lowest BCUT2D eigenvalue weighted by Crippen LogP contribution is -2.21. The SMILES string of the molecule is Cn1c(N2CCCC2)c(C#N)c2c(N)ncnc21. The summed E-state index contributed by atoms with van der Waals surface area (Å²) in [5, 5.41) is 10.1. The van der Waals surface area contributed by atoms with Gasteiger partial charge in [-0.3, -0.25) is 0 Å². The molecule has 0 atom stereocenters. The fraction of sp³-hybridized carbons (Fsp3) is 0.417. The standard InChI is InChI=1S/C12H14N6/c1-17-11-9(10(14)15-7-16-11)8(6-13)12(17)18-4-2-3-5-18/h7H,2-5H2,1H3,(H2,14,15,16). The highest BCUT2D eigenvalue weighted by atomic mass is 15.3. The quantitative estimate of drug-likeness (QED) is 0.807. The van der Waals surface area contributed by atoms with Crippen LogP contribution in [0.15, 0.2) is 6.33 Å². The van der Waals surface area contributed by atoms with Crippen molar-refractivity contribution >= 4 is 22.7 Å². The molecule has 1 aliphatic heterocycles. The number of hydrogen-bond donors (Lipinski definition) is 1. The molecular weight excluding hydrogens is 228 g/mol. The van der Waals surface area contributed by atoms with Gasteiger partial charge in [0.2, 0.25) is 0 Å². The molecule has 6 nitrogen and oxygen atoms in total. The normalized spacial score (nSPS) is 15.2. The zero-order valence-electron chi connectivity index (χ0n) is 10.2. The van der Waals surface area contributed by atoms with Gasteiger partial charge in [-0.15, -0.1) is 0 Å². The van der Waals surface area contributed by atoms with Crippen molar-refractivity contribution in [1.29, 1.82) is 5.26 Å². The highest BCUT2D eigenvalue weighted by molar-refractivity contribution is 5.97. The van der Waals surface area contributed by atoms with Crippen molar-refractivity contribution in [3.8, 4) is 6.07 Å². The van der Waals surface area contributed by atoms with E-state index < -0.39 is 0 Å². The van der Waals surface area contributed by atoms with Crippen LogP contribution in [0.2, 0.25) is 0 Å². The zero-order valence-corrected chi connectivity index (χ0v) is 10.2. The molecule has 2 aromatic heterocycles. The van der Waals surface area contributed by atoms with Crippen molar-refractivity contribution in [2.75, 3.05) is 23.7 Å². The van der Waals surface area contributed by atoms with Crippen LogP contribution in [0, 0.1) is 11.3 Å². The van der Waals surface area contributed by atoms with E-state index >= 15 is 0 Å². The fourth-order valence-corrected chi connectivity index (χ4v) is 2.67. The second-order valence-corrected chi connectivity index (χ2v) is 4.52. The molecule has 0 amide bonds. The first kappa shape index (κ1) is 10.8. The van der Waals surface area contributed by atoms with Crippen LogP contribution in [0.4, 0.5) is 11.6 Å². The lowest BCUT2D eigenvalue weighted by Gasteiger charge is -2.18. The van der Waals surface area contributed by atoms with Crippen LogP contribution in [0.1, 0.15) is 18.4 Å². The van der Waals surface area contributed by atoms with Crippen LogP contribution in [0.3, 0.4) is 0 Å². The van der Waals surface area contributed by atoms with Gasteiger partial charge in [0.25, 0.3) is 0 Å². The van der Waals surface area contributed by atoms with Gasteiger partial charge in [0.1, 0.15) is 35.2 Å². The Labute approximate surface area is 105 Å². The molecule has 2 aromatic rings. The monoisotopic (exact) mass is 242 g/mol. The van der Waals surface area contributed by atoms with Crippen molar-refractivity contribution in [1.82, 2.24) is 14.5 Å². The van der Waals surface area contributed by atoms with E-state index in [1.165, 1.54) is 6.33 Å². The minimum atomic E-state index is 0.373. The Morgan fingerprint density at radius 2 is 2.06 bits per heavy atom. The molecule has 0 saturated carbocycles. The Morgan fingerprint density at radius 3 is 2.72 bits per heavy atom. The maximum Gasteiger partial charge on any atom is 0.148 e. The molecule has 3 rings (SSSR count). The predicted octanol–water partition coefficient (Wildman–Crippen LogP) is 1.02. The number of rotatable bonds is 1. The smallest absolute Gasteiger partial charge is 0.148 e. The van der Waals surface area contributed by atoms with E-state index in [1.807, 2.05) is 11.6 Å². The first-order valence-electron chi connectivity index (χ1n) is 5.98. The van der Waals surface area contributed by atoms with Crippen molar-refractivity contribution < 1.29 is 0 Å². The number of aromatic nitrogens is 3.